The first-order valence-corrected chi connectivity index (χ1v) is 15.3. The van der Waals surface area contributed by atoms with Crippen LogP contribution in [0.1, 0.15) is 28.7 Å². The summed E-state index contributed by atoms with van der Waals surface area (Å²) in [5.74, 6) is 0.234. The second-order valence-electron chi connectivity index (χ2n) is 6.12. The van der Waals surface area contributed by atoms with Crippen LogP contribution in [0.2, 0.25) is 13.1 Å². The number of hydrogen-bond donors (Lipinski definition) is 1. The van der Waals surface area contributed by atoms with Crippen LogP contribution in [-0.2, 0) is 22.2 Å². The summed E-state index contributed by atoms with van der Waals surface area (Å²) in [6.45, 7) is 5.85. The Bertz CT molecular complexity index is 665. The zero-order valence-corrected chi connectivity index (χ0v) is 18.4. The summed E-state index contributed by atoms with van der Waals surface area (Å²) < 4.78 is 3.95. The molecule has 0 atom stereocenters. The van der Waals surface area contributed by atoms with Crippen LogP contribution < -0.4 is 28.6 Å². The molecule has 1 aliphatic rings. The molecule has 0 heterocycles. The molecule has 2 nitrogen and oxygen atoms in total. The zero-order valence-electron chi connectivity index (χ0n) is 14.1. The summed E-state index contributed by atoms with van der Waals surface area (Å²) in [6.07, 6.45) is 0.591. The largest absolute Gasteiger partial charge is 1.00 e. The van der Waals surface area contributed by atoms with Crippen LogP contribution in [0.15, 0.2) is 48.5 Å². The van der Waals surface area contributed by atoms with Crippen LogP contribution in [0, 0.1) is 0 Å². The minimum atomic E-state index is -1.70. The molecule has 1 aliphatic carbocycles. The monoisotopic (exact) mass is 414 g/mol. The Morgan fingerprint density at radius 3 is 1.88 bits per heavy atom. The standard InChI is InChI=1S/C13H9.C3H7NO.C2H7Si.2ClH.Ti/c1-3-7-12-10(5-1)9-11-6-2-4-8-13(11)12;1-2-3(4)5;1-3-2;;;/h1-9H;2H2,1H3,(H2,4,5);3H,1-2H3;2*1H;/q;;;;;+3/p-3. The number of fused-ring (bicyclic) bond motifs is 3. The summed E-state index contributed by atoms with van der Waals surface area (Å²) in [6, 6.07) is 17.5. The molecule has 1 amide bonds. The summed E-state index contributed by atoms with van der Waals surface area (Å²) in [7, 11) is 0. The first kappa shape index (κ1) is 21.5. The van der Waals surface area contributed by atoms with E-state index in [4.69, 9.17) is 0 Å². The Labute approximate surface area is 164 Å². The molecule has 0 fully saturated rings. The van der Waals surface area contributed by atoms with E-state index in [9.17, 15) is 4.79 Å². The Morgan fingerprint density at radius 1 is 1.00 bits per heavy atom. The van der Waals surface area contributed by atoms with Gasteiger partial charge in [0.2, 0.25) is 0 Å². The van der Waals surface area contributed by atoms with Crippen molar-refractivity contribution in [3.8, 4) is 11.1 Å². The van der Waals surface area contributed by atoms with E-state index in [1.165, 1.54) is 22.3 Å². The molecule has 0 radical (unpaired) electrons. The van der Waals surface area contributed by atoms with Gasteiger partial charge in [-0.25, -0.2) is 0 Å². The molecule has 1 N–H and O–H groups in total. The van der Waals surface area contributed by atoms with Gasteiger partial charge in [0.15, 0.2) is 0 Å². The molecule has 2 aromatic rings. The Morgan fingerprint density at radius 2 is 1.46 bits per heavy atom. The minimum Gasteiger partial charge on any atom is -1.00 e. The van der Waals surface area contributed by atoms with E-state index in [1.807, 2.05) is 6.92 Å². The summed E-state index contributed by atoms with van der Waals surface area (Å²) in [5, 5.41) is 0. The van der Waals surface area contributed by atoms with Gasteiger partial charge in [0.1, 0.15) is 0 Å². The molecular formula is C18H22Cl2NOSiTi. The predicted molar refractivity (Wildman–Crippen MR) is 91.0 cm³/mol. The fourth-order valence-electron chi connectivity index (χ4n) is 3.29. The van der Waals surface area contributed by atoms with Gasteiger partial charge in [-0.3, -0.25) is 0 Å². The average molecular weight is 415 g/mol. The molecular weight excluding hydrogens is 393 g/mol. The maximum atomic E-state index is 12.1. The maximum Gasteiger partial charge on any atom is -1.00 e. The molecule has 0 bridgehead atoms. The molecule has 0 saturated carbocycles. The van der Waals surface area contributed by atoms with Gasteiger partial charge in [-0.1, -0.05) is 0 Å². The Hall–Kier alpha value is -0.579. The van der Waals surface area contributed by atoms with Crippen molar-refractivity contribution in [2.24, 2.45) is 0 Å². The molecule has 0 saturated heterocycles. The quantitative estimate of drug-likeness (QED) is 0.565. The van der Waals surface area contributed by atoms with E-state index in [-0.39, 0.29) is 30.7 Å². The molecule has 0 aromatic heterocycles. The van der Waals surface area contributed by atoms with Crippen LogP contribution in [0.3, 0.4) is 0 Å². The predicted octanol–water partition coefficient (Wildman–Crippen LogP) is -2.19. The van der Waals surface area contributed by atoms with E-state index in [0.29, 0.717) is 10.6 Å². The fraction of sp³-hybridized carbons (Fsp3) is 0.278. The molecule has 0 unspecified atom stereocenters. The maximum absolute atomic E-state index is 12.1. The second-order valence-corrected chi connectivity index (χ2v) is 19.1. The second kappa shape index (κ2) is 9.21. The average Bonchev–Trinajstić information content (AvgIpc) is 2.86. The van der Waals surface area contributed by atoms with E-state index >= 15 is 0 Å². The number of halogens is 2. The number of carbonyl (C=O) groups excluding carboxylic acids is 1. The molecule has 0 spiro atoms. The van der Waals surface area contributed by atoms with Crippen LogP contribution in [-0.4, -0.2) is 12.6 Å². The van der Waals surface area contributed by atoms with E-state index < -0.39 is 24.0 Å². The molecule has 2 aromatic carbocycles. The Kier molecular flexibility index (Phi) is 8.24. The van der Waals surface area contributed by atoms with Crippen LogP contribution >= 0.6 is 0 Å². The zero-order chi connectivity index (χ0) is 15.7. The van der Waals surface area contributed by atoms with Gasteiger partial charge in [0.25, 0.3) is 0 Å². The van der Waals surface area contributed by atoms with Crippen LogP contribution in [0.25, 0.3) is 11.1 Å². The molecule has 127 valence electrons. The molecule has 24 heavy (non-hydrogen) atoms. The fourth-order valence-corrected chi connectivity index (χ4v) is 13.7. The van der Waals surface area contributed by atoms with Crippen molar-refractivity contribution >= 4 is 12.6 Å². The number of benzene rings is 2. The number of hydrogen-bond acceptors (Lipinski definition) is 1. The van der Waals surface area contributed by atoms with Gasteiger partial charge < -0.3 is 24.8 Å². The molecule has 0 aliphatic heterocycles. The van der Waals surface area contributed by atoms with Gasteiger partial charge in [0, 0.05) is 0 Å². The third-order valence-electron chi connectivity index (χ3n) is 4.37. The van der Waals surface area contributed by atoms with E-state index in [1.54, 1.807) is 0 Å². The Balaban J connectivity index is 0.00000144. The van der Waals surface area contributed by atoms with Crippen molar-refractivity contribution in [1.29, 1.82) is 0 Å². The SMILES string of the molecule is CCC(=O)[NH][Ti+2]([CH]1c2ccccc2-c2ccccc21)[SiH](C)C.[Cl-].[Cl-]. The van der Waals surface area contributed by atoms with Crippen molar-refractivity contribution < 1.29 is 47.0 Å². The first-order valence-electron chi connectivity index (χ1n) is 7.98. The topological polar surface area (TPSA) is 29.1 Å². The van der Waals surface area contributed by atoms with Gasteiger partial charge in [-0.15, -0.1) is 0 Å². The van der Waals surface area contributed by atoms with Crippen molar-refractivity contribution in [3.63, 3.8) is 0 Å². The van der Waals surface area contributed by atoms with Crippen molar-refractivity contribution in [1.82, 2.24) is 3.80 Å². The van der Waals surface area contributed by atoms with Gasteiger partial charge >= 0.3 is 140 Å². The van der Waals surface area contributed by atoms with Crippen molar-refractivity contribution in [2.75, 3.05) is 0 Å². The molecule has 6 heteroatoms. The smallest absolute Gasteiger partial charge is 1.00 e. The van der Waals surface area contributed by atoms with Gasteiger partial charge in [0.05, 0.1) is 0 Å². The van der Waals surface area contributed by atoms with Crippen LogP contribution in [0.4, 0.5) is 0 Å². The number of rotatable bonds is 4. The van der Waals surface area contributed by atoms with E-state index in [0.717, 1.165) is 0 Å². The number of amides is 1. The number of carbonyl (C=O) groups is 1. The summed E-state index contributed by atoms with van der Waals surface area (Å²) >= 11 is -1.70. The third kappa shape index (κ3) is 3.97. The number of nitrogens with one attached hydrogen (secondary N) is 1. The van der Waals surface area contributed by atoms with Crippen LogP contribution in [0.5, 0.6) is 0 Å². The first-order chi connectivity index (χ1) is 10.6. The van der Waals surface area contributed by atoms with Gasteiger partial charge in [-0.2, -0.15) is 0 Å². The van der Waals surface area contributed by atoms with E-state index in [2.05, 4.69) is 65.4 Å². The molecule has 3 rings (SSSR count). The third-order valence-corrected chi connectivity index (χ3v) is 16.2. The van der Waals surface area contributed by atoms with Crippen molar-refractivity contribution in [3.05, 3.63) is 59.7 Å². The van der Waals surface area contributed by atoms with Gasteiger partial charge in [-0.05, 0) is 0 Å². The summed E-state index contributed by atoms with van der Waals surface area (Å²) in [5.41, 5.74) is 5.62. The normalized spacial score (nSPS) is 11.8. The minimum absolute atomic E-state index is 0. The van der Waals surface area contributed by atoms with Crippen molar-refractivity contribution in [2.45, 2.75) is 30.7 Å². The summed E-state index contributed by atoms with van der Waals surface area (Å²) in [4.78, 5) is 12.1.